The fourth-order valence-electron chi connectivity index (χ4n) is 2.65. The van der Waals surface area contributed by atoms with Crippen LogP contribution in [0.4, 0.5) is 4.79 Å². The summed E-state index contributed by atoms with van der Waals surface area (Å²) in [4.78, 5) is 35.7. The summed E-state index contributed by atoms with van der Waals surface area (Å²) in [5, 5.41) is 1.81. The van der Waals surface area contributed by atoms with E-state index in [0.717, 1.165) is 17.3 Å². The number of thioether (sulfide) groups is 1. The summed E-state index contributed by atoms with van der Waals surface area (Å²) in [6.07, 6.45) is 2.22. The van der Waals surface area contributed by atoms with Gasteiger partial charge in [-0.2, -0.15) is 0 Å². The third-order valence-corrected chi connectivity index (χ3v) is 4.72. The fourth-order valence-corrected chi connectivity index (χ4v) is 3.33. The highest BCUT2D eigenvalue weighted by Crippen LogP contribution is 2.27. The van der Waals surface area contributed by atoms with Gasteiger partial charge < -0.3 is 4.74 Å². The number of amides is 2. The first kappa shape index (κ1) is 17.9. The highest BCUT2D eigenvalue weighted by molar-refractivity contribution is 8.18. The molecule has 1 aliphatic rings. The molecule has 0 saturated carbocycles. The first-order valence-electron chi connectivity index (χ1n) is 8.18. The van der Waals surface area contributed by atoms with E-state index in [1.807, 2.05) is 37.3 Å². The summed E-state index contributed by atoms with van der Waals surface area (Å²) >= 11 is 0.848. The molecule has 1 N–H and O–H groups in total. The third-order valence-electron chi connectivity index (χ3n) is 3.91. The quantitative estimate of drug-likeness (QED) is 0.489. The molecule has 1 saturated heterocycles. The van der Waals surface area contributed by atoms with E-state index >= 15 is 0 Å². The second-order valence-electron chi connectivity index (χ2n) is 5.72. The van der Waals surface area contributed by atoms with Crippen LogP contribution in [0.1, 0.15) is 30.4 Å². The number of rotatable bonds is 5. The molecule has 2 aromatic carbocycles. The van der Waals surface area contributed by atoms with Gasteiger partial charge >= 0.3 is 5.97 Å². The summed E-state index contributed by atoms with van der Waals surface area (Å²) in [5.74, 6) is -0.690. The van der Waals surface area contributed by atoms with E-state index in [2.05, 4.69) is 5.32 Å². The van der Waals surface area contributed by atoms with Gasteiger partial charge in [-0.05, 0) is 47.5 Å². The Morgan fingerprint density at radius 2 is 1.92 bits per heavy atom. The van der Waals surface area contributed by atoms with Crippen LogP contribution in [0.3, 0.4) is 0 Å². The predicted molar refractivity (Wildman–Crippen MR) is 101 cm³/mol. The molecule has 132 valence electrons. The molecule has 1 fully saturated rings. The Bertz CT molecular complexity index is 876. The first-order valence-corrected chi connectivity index (χ1v) is 9.00. The summed E-state index contributed by atoms with van der Waals surface area (Å²) in [6, 6.07) is 16.4. The summed E-state index contributed by atoms with van der Waals surface area (Å²) in [7, 11) is 0. The number of hydrogen-bond donors (Lipinski definition) is 1. The summed E-state index contributed by atoms with van der Waals surface area (Å²) < 4.78 is 5.53. The Balaban J connectivity index is 1.76. The zero-order valence-electron chi connectivity index (χ0n) is 14.1. The van der Waals surface area contributed by atoms with E-state index in [4.69, 9.17) is 4.74 Å². The van der Waals surface area contributed by atoms with Crippen LogP contribution in [0.2, 0.25) is 0 Å². The van der Waals surface area contributed by atoms with Crippen molar-refractivity contribution in [2.75, 3.05) is 0 Å². The van der Waals surface area contributed by atoms with E-state index in [-0.39, 0.29) is 11.9 Å². The molecular formula is C20H17NO4S. The Morgan fingerprint density at radius 3 is 2.58 bits per heavy atom. The lowest BCUT2D eigenvalue weighted by molar-refractivity contribution is -0.136. The van der Waals surface area contributed by atoms with Crippen LogP contribution >= 0.6 is 11.8 Å². The van der Waals surface area contributed by atoms with E-state index < -0.39 is 11.1 Å². The lowest BCUT2D eigenvalue weighted by Gasteiger charge is -2.14. The van der Waals surface area contributed by atoms with Crippen LogP contribution in [0.15, 0.2) is 59.5 Å². The molecule has 3 rings (SSSR count). The molecule has 5 nitrogen and oxygen atoms in total. The largest absolute Gasteiger partial charge is 0.426 e. The zero-order chi connectivity index (χ0) is 18.5. The molecule has 1 aliphatic heterocycles. The van der Waals surface area contributed by atoms with Gasteiger partial charge in [-0.15, -0.1) is 0 Å². The molecule has 2 amide bonds. The number of esters is 1. The summed E-state index contributed by atoms with van der Waals surface area (Å²) in [6.45, 7) is 1.94. The van der Waals surface area contributed by atoms with Crippen LogP contribution in [-0.4, -0.2) is 17.1 Å². The molecule has 2 aromatic rings. The van der Waals surface area contributed by atoms with Crippen molar-refractivity contribution in [3.05, 3.63) is 70.6 Å². The van der Waals surface area contributed by atoms with Gasteiger partial charge in [0.15, 0.2) is 0 Å². The van der Waals surface area contributed by atoms with Crippen molar-refractivity contribution >= 4 is 35.0 Å². The maximum atomic E-state index is 12.5. The summed E-state index contributed by atoms with van der Waals surface area (Å²) in [5.41, 5.74) is 1.59. The number of benzene rings is 2. The number of carbonyl (C=O) groups excluding carboxylic acids is 3. The molecule has 0 aliphatic carbocycles. The number of carbonyl (C=O) groups is 3. The average molecular weight is 367 g/mol. The molecule has 1 atom stereocenters. The van der Waals surface area contributed by atoms with Crippen LogP contribution in [0.5, 0.6) is 5.75 Å². The van der Waals surface area contributed by atoms with Gasteiger partial charge in [0.05, 0.1) is 10.8 Å². The van der Waals surface area contributed by atoms with Gasteiger partial charge in [0, 0.05) is 0 Å². The average Bonchev–Trinajstić information content (AvgIpc) is 2.94. The highest BCUT2D eigenvalue weighted by Gasteiger charge is 2.25. The zero-order valence-corrected chi connectivity index (χ0v) is 14.9. The van der Waals surface area contributed by atoms with Crippen LogP contribution < -0.4 is 10.1 Å². The van der Waals surface area contributed by atoms with Gasteiger partial charge in [-0.25, -0.2) is 0 Å². The SMILES string of the molecule is CCC(C(=O)Oc1cccc(/C=C2\SC(=O)NC2=O)c1)c1ccccc1. The topological polar surface area (TPSA) is 72.5 Å². The monoisotopic (exact) mass is 367 g/mol. The molecule has 0 bridgehead atoms. The van der Waals surface area contributed by atoms with Crippen LogP contribution in [0.25, 0.3) is 6.08 Å². The maximum Gasteiger partial charge on any atom is 0.318 e. The first-order chi connectivity index (χ1) is 12.6. The molecule has 0 radical (unpaired) electrons. The van der Waals surface area contributed by atoms with Crippen molar-refractivity contribution in [1.29, 1.82) is 0 Å². The standard InChI is InChI=1S/C20H17NO4S/c1-2-16(14-8-4-3-5-9-14)19(23)25-15-10-6-7-13(11-15)12-17-18(22)21-20(24)26-17/h3-12,16H,2H2,1H3,(H,21,22,24)/b17-12-. The van der Waals surface area contributed by atoms with Crippen molar-refractivity contribution in [2.24, 2.45) is 0 Å². The lowest BCUT2D eigenvalue weighted by Crippen LogP contribution is -2.18. The number of ether oxygens (including phenoxy) is 1. The molecule has 6 heteroatoms. The minimum Gasteiger partial charge on any atom is -0.426 e. The van der Waals surface area contributed by atoms with Crippen molar-refractivity contribution in [3.8, 4) is 5.75 Å². The Hall–Kier alpha value is -2.86. The predicted octanol–water partition coefficient (Wildman–Crippen LogP) is 4.11. The second kappa shape index (κ2) is 8.01. The molecule has 26 heavy (non-hydrogen) atoms. The third kappa shape index (κ3) is 4.21. The number of nitrogens with one attached hydrogen (secondary N) is 1. The van der Waals surface area contributed by atoms with Crippen molar-refractivity contribution in [3.63, 3.8) is 0 Å². The molecule has 0 aromatic heterocycles. The van der Waals surface area contributed by atoms with Crippen molar-refractivity contribution < 1.29 is 19.1 Å². The van der Waals surface area contributed by atoms with E-state index in [0.29, 0.717) is 22.6 Å². The smallest absolute Gasteiger partial charge is 0.318 e. The molecule has 1 unspecified atom stereocenters. The Kier molecular flexibility index (Phi) is 5.53. The Labute approximate surface area is 155 Å². The van der Waals surface area contributed by atoms with Crippen molar-refractivity contribution in [1.82, 2.24) is 5.32 Å². The second-order valence-corrected chi connectivity index (χ2v) is 6.73. The molecular weight excluding hydrogens is 350 g/mol. The maximum absolute atomic E-state index is 12.5. The van der Waals surface area contributed by atoms with Crippen LogP contribution in [-0.2, 0) is 9.59 Å². The van der Waals surface area contributed by atoms with Gasteiger partial charge in [-0.3, -0.25) is 19.7 Å². The lowest BCUT2D eigenvalue weighted by atomic mass is 9.97. The minimum absolute atomic E-state index is 0.314. The number of hydrogen-bond acceptors (Lipinski definition) is 5. The normalized spacial score (nSPS) is 16.4. The van der Waals surface area contributed by atoms with Gasteiger partial charge in [0.1, 0.15) is 5.75 Å². The van der Waals surface area contributed by atoms with E-state index in [1.165, 1.54) is 0 Å². The van der Waals surface area contributed by atoms with Gasteiger partial charge in [0.25, 0.3) is 11.1 Å². The van der Waals surface area contributed by atoms with E-state index in [9.17, 15) is 14.4 Å². The van der Waals surface area contributed by atoms with Gasteiger partial charge in [-0.1, -0.05) is 49.4 Å². The Morgan fingerprint density at radius 1 is 1.15 bits per heavy atom. The fraction of sp³-hybridized carbons (Fsp3) is 0.150. The van der Waals surface area contributed by atoms with Crippen molar-refractivity contribution in [2.45, 2.75) is 19.3 Å². The van der Waals surface area contributed by atoms with E-state index in [1.54, 1.807) is 30.3 Å². The van der Waals surface area contributed by atoms with Gasteiger partial charge in [0.2, 0.25) is 0 Å². The highest BCUT2D eigenvalue weighted by atomic mass is 32.2. The van der Waals surface area contributed by atoms with Crippen LogP contribution in [0, 0.1) is 0 Å². The minimum atomic E-state index is -0.419. The number of imide groups is 1. The molecule has 0 spiro atoms. The molecule has 1 heterocycles.